The third-order valence-corrected chi connectivity index (χ3v) is 4.43. The molecule has 1 N–H and O–H groups in total. The van der Waals surface area contributed by atoms with Crippen LogP contribution in [0, 0.1) is 16.0 Å². The molecule has 140 valence electrons. The highest BCUT2D eigenvalue weighted by Gasteiger charge is 2.25. The number of carbonyl (C=O) groups is 2. The number of nitro groups is 1. The van der Waals surface area contributed by atoms with Crippen LogP contribution in [0.1, 0.15) is 36.2 Å². The zero-order chi connectivity index (χ0) is 19.6. The van der Waals surface area contributed by atoms with Gasteiger partial charge < -0.3 is 10.2 Å². The fourth-order valence-corrected chi connectivity index (χ4v) is 3.23. The molecule has 0 saturated heterocycles. The SMILES string of the molecule is CC(C)CN1C(=O)CCc2cc(NC(=O)c3ccccc3[N+](=O)[O-])ccc21. The standard InChI is InChI=1S/C20H21N3O4/c1-13(2)12-22-17-9-8-15(11-14(17)7-10-19(22)24)21-20(25)16-5-3-4-6-18(16)23(26)27/h3-6,8-9,11,13H,7,10,12H2,1-2H3,(H,21,25). The molecule has 0 saturated carbocycles. The lowest BCUT2D eigenvalue weighted by atomic mass is 9.99. The van der Waals surface area contributed by atoms with Gasteiger partial charge in [-0.05, 0) is 42.2 Å². The summed E-state index contributed by atoms with van der Waals surface area (Å²) in [6.07, 6.45) is 1.04. The Bertz CT molecular complexity index is 908. The summed E-state index contributed by atoms with van der Waals surface area (Å²) >= 11 is 0. The molecular weight excluding hydrogens is 346 g/mol. The molecule has 7 nitrogen and oxygen atoms in total. The van der Waals surface area contributed by atoms with E-state index < -0.39 is 10.8 Å². The van der Waals surface area contributed by atoms with E-state index in [2.05, 4.69) is 19.2 Å². The molecule has 2 amide bonds. The lowest BCUT2D eigenvalue weighted by Gasteiger charge is -2.31. The maximum atomic E-state index is 12.5. The number of carbonyl (C=O) groups excluding carboxylic acids is 2. The molecule has 0 fully saturated rings. The van der Waals surface area contributed by atoms with Gasteiger partial charge in [-0.15, -0.1) is 0 Å². The first-order valence-electron chi connectivity index (χ1n) is 8.85. The van der Waals surface area contributed by atoms with Gasteiger partial charge in [-0.1, -0.05) is 26.0 Å². The molecular formula is C20H21N3O4. The number of fused-ring (bicyclic) bond motifs is 1. The van der Waals surface area contributed by atoms with Crippen molar-refractivity contribution in [1.82, 2.24) is 0 Å². The summed E-state index contributed by atoms with van der Waals surface area (Å²) in [5.74, 6) is -0.0843. The second-order valence-electron chi connectivity index (χ2n) is 6.97. The van der Waals surface area contributed by atoms with Crippen LogP contribution >= 0.6 is 0 Å². The lowest BCUT2D eigenvalue weighted by Crippen LogP contribution is -2.37. The van der Waals surface area contributed by atoms with Gasteiger partial charge in [-0.25, -0.2) is 0 Å². The molecule has 7 heteroatoms. The highest BCUT2D eigenvalue weighted by atomic mass is 16.6. The van der Waals surface area contributed by atoms with Crippen LogP contribution < -0.4 is 10.2 Å². The Labute approximate surface area is 157 Å². The van der Waals surface area contributed by atoms with E-state index in [1.165, 1.54) is 18.2 Å². The normalized spacial score (nSPS) is 13.4. The number of rotatable bonds is 5. The Morgan fingerprint density at radius 1 is 1.22 bits per heavy atom. The fraction of sp³-hybridized carbons (Fsp3) is 0.300. The topological polar surface area (TPSA) is 92.6 Å². The number of nitrogens with zero attached hydrogens (tertiary/aromatic N) is 2. The van der Waals surface area contributed by atoms with Gasteiger partial charge in [0.2, 0.25) is 5.91 Å². The Kier molecular flexibility index (Phi) is 5.21. The minimum absolute atomic E-state index is 0.0110. The first-order valence-corrected chi connectivity index (χ1v) is 8.85. The Morgan fingerprint density at radius 3 is 2.67 bits per heavy atom. The van der Waals surface area contributed by atoms with Gasteiger partial charge in [-0.3, -0.25) is 19.7 Å². The fourth-order valence-electron chi connectivity index (χ4n) is 3.23. The maximum absolute atomic E-state index is 12.5. The molecule has 1 heterocycles. The predicted molar refractivity (Wildman–Crippen MR) is 103 cm³/mol. The van der Waals surface area contributed by atoms with Crippen LogP contribution in [0.3, 0.4) is 0 Å². The van der Waals surface area contributed by atoms with Crippen molar-refractivity contribution in [3.05, 3.63) is 63.7 Å². The van der Waals surface area contributed by atoms with E-state index in [4.69, 9.17) is 0 Å². The van der Waals surface area contributed by atoms with Crippen molar-refractivity contribution in [1.29, 1.82) is 0 Å². The number of hydrogen-bond donors (Lipinski definition) is 1. The quantitative estimate of drug-likeness (QED) is 0.643. The average Bonchev–Trinajstić information content (AvgIpc) is 2.63. The summed E-state index contributed by atoms with van der Waals surface area (Å²) < 4.78 is 0. The Balaban J connectivity index is 1.85. The Hall–Kier alpha value is -3.22. The van der Waals surface area contributed by atoms with E-state index >= 15 is 0 Å². The molecule has 0 aromatic heterocycles. The molecule has 27 heavy (non-hydrogen) atoms. The van der Waals surface area contributed by atoms with E-state index in [0.29, 0.717) is 31.0 Å². The number of hydrogen-bond acceptors (Lipinski definition) is 4. The zero-order valence-corrected chi connectivity index (χ0v) is 15.3. The van der Waals surface area contributed by atoms with E-state index in [0.717, 1.165) is 11.3 Å². The molecule has 0 atom stereocenters. The van der Waals surface area contributed by atoms with E-state index in [1.54, 1.807) is 17.0 Å². The first kappa shape index (κ1) is 18.6. The monoisotopic (exact) mass is 367 g/mol. The van der Waals surface area contributed by atoms with Crippen LogP contribution in [0.25, 0.3) is 0 Å². The highest BCUT2D eigenvalue weighted by molar-refractivity contribution is 6.07. The number of para-hydroxylation sites is 1. The van der Waals surface area contributed by atoms with Crippen LogP contribution in [0.4, 0.5) is 17.1 Å². The van der Waals surface area contributed by atoms with Crippen LogP contribution in [0.2, 0.25) is 0 Å². The van der Waals surface area contributed by atoms with Crippen molar-refractivity contribution in [2.75, 3.05) is 16.8 Å². The van der Waals surface area contributed by atoms with Crippen molar-refractivity contribution >= 4 is 28.9 Å². The van der Waals surface area contributed by atoms with Crippen LogP contribution in [-0.2, 0) is 11.2 Å². The minimum Gasteiger partial charge on any atom is -0.322 e. The maximum Gasteiger partial charge on any atom is 0.282 e. The van der Waals surface area contributed by atoms with Crippen molar-refractivity contribution in [2.45, 2.75) is 26.7 Å². The number of amides is 2. The van der Waals surface area contributed by atoms with Crippen molar-refractivity contribution in [3.63, 3.8) is 0 Å². The third-order valence-electron chi connectivity index (χ3n) is 4.43. The minimum atomic E-state index is -0.572. The molecule has 2 aromatic carbocycles. The Morgan fingerprint density at radius 2 is 1.96 bits per heavy atom. The molecule has 3 rings (SSSR count). The van der Waals surface area contributed by atoms with Crippen molar-refractivity contribution in [2.24, 2.45) is 5.92 Å². The van der Waals surface area contributed by atoms with Gasteiger partial charge in [0.1, 0.15) is 5.56 Å². The molecule has 1 aliphatic rings. The summed E-state index contributed by atoms with van der Waals surface area (Å²) in [6.45, 7) is 4.76. The van der Waals surface area contributed by atoms with Crippen LogP contribution in [0.5, 0.6) is 0 Å². The van der Waals surface area contributed by atoms with Gasteiger partial charge in [0.15, 0.2) is 0 Å². The van der Waals surface area contributed by atoms with E-state index in [9.17, 15) is 19.7 Å². The molecule has 2 aromatic rings. The van der Waals surface area contributed by atoms with Crippen molar-refractivity contribution < 1.29 is 14.5 Å². The average molecular weight is 367 g/mol. The summed E-state index contributed by atoms with van der Waals surface area (Å²) in [7, 11) is 0. The molecule has 0 spiro atoms. The van der Waals surface area contributed by atoms with E-state index in [1.807, 2.05) is 12.1 Å². The van der Waals surface area contributed by atoms with Crippen LogP contribution in [-0.4, -0.2) is 23.3 Å². The second kappa shape index (κ2) is 7.57. The predicted octanol–water partition coefficient (Wildman–Crippen LogP) is 3.78. The highest BCUT2D eigenvalue weighted by Crippen LogP contribution is 2.31. The molecule has 0 bridgehead atoms. The van der Waals surface area contributed by atoms with Gasteiger partial charge in [0.05, 0.1) is 4.92 Å². The van der Waals surface area contributed by atoms with Crippen LogP contribution in [0.15, 0.2) is 42.5 Å². The summed E-state index contributed by atoms with van der Waals surface area (Å²) in [5, 5.41) is 13.8. The largest absolute Gasteiger partial charge is 0.322 e. The van der Waals surface area contributed by atoms with Gasteiger partial charge in [0, 0.05) is 30.4 Å². The molecule has 0 aliphatic carbocycles. The zero-order valence-electron chi connectivity index (χ0n) is 15.3. The number of nitro benzene ring substituents is 1. The molecule has 0 unspecified atom stereocenters. The first-order chi connectivity index (χ1) is 12.9. The smallest absolute Gasteiger partial charge is 0.282 e. The number of anilines is 2. The summed E-state index contributed by atoms with van der Waals surface area (Å²) in [6, 6.07) is 11.2. The third kappa shape index (κ3) is 3.97. The van der Waals surface area contributed by atoms with E-state index in [-0.39, 0.29) is 17.2 Å². The lowest BCUT2D eigenvalue weighted by molar-refractivity contribution is -0.385. The van der Waals surface area contributed by atoms with Gasteiger partial charge in [-0.2, -0.15) is 0 Å². The number of aryl methyl sites for hydroxylation is 1. The number of nitrogens with one attached hydrogen (secondary N) is 1. The van der Waals surface area contributed by atoms with Gasteiger partial charge in [0.25, 0.3) is 11.6 Å². The van der Waals surface area contributed by atoms with Gasteiger partial charge >= 0.3 is 0 Å². The van der Waals surface area contributed by atoms with Crippen molar-refractivity contribution in [3.8, 4) is 0 Å². The number of benzene rings is 2. The second-order valence-corrected chi connectivity index (χ2v) is 6.97. The summed E-state index contributed by atoms with van der Waals surface area (Å²) in [5.41, 5.74) is 2.17. The molecule has 0 radical (unpaired) electrons. The molecule has 1 aliphatic heterocycles. The summed E-state index contributed by atoms with van der Waals surface area (Å²) in [4.78, 5) is 37.1.